The number of unbranched alkanes of at least 4 members (excludes halogenated alkanes) is 1. The van der Waals surface area contributed by atoms with Crippen molar-refractivity contribution in [2.24, 2.45) is 5.41 Å². The van der Waals surface area contributed by atoms with Crippen molar-refractivity contribution in [2.75, 3.05) is 32.9 Å². The summed E-state index contributed by atoms with van der Waals surface area (Å²) in [5.41, 5.74) is 2.53. The number of alkyl halides is 3. The van der Waals surface area contributed by atoms with Gasteiger partial charge in [-0.1, -0.05) is 72.8 Å². The van der Waals surface area contributed by atoms with Gasteiger partial charge in [0.15, 0.2) is 0 Å². The molecule has 2 aliphatic carbocycles. The molecule has 1 aromatic heterocycles. The zero-order valence-corrected chi connectivity index (χ0v) is 29.4. The first-order chi connectivity index (χ1) is 24.6. The molecule has 10 heteroatoms. The largest absolute Gasteiger partial charge is 0.492 e. The number of ether oxygens (including phenoxy) is 3. The number of hydrogen-bond acceptors (Lipinski definition) is 7. The van der Waals surface area contributed by atoms with E-state index in [-0.39, 0.29) is 25.0 Å². The van der Waals surface area contributed by atoms with Crippen LogP contribution in [-0.4, -0.2) is 60.9 Å². The number of carbonyl (C=O) groups excluding carboxylic acids is 2. The normalized spacial score (nSPS) is 18.5. The van der Waals surface area contributed by atoms with Crippen LogP contribution in [0.4, 0.5) is 13.2 Å². The van der Waals surface area contributed by atoms with Crippen LogP contribution < -0.4 is 4.74 Å². The van der Waals surface area contributed by atoms with Gasteiger partial charge >= 0.3 is 18.1 Å². The predicted molar refractivity (Wildman–Crippen MR) is 190 cm³/mol. The minimum Gasteiger partial charge on any atom is -0.492 e. The third-order valence-electron chi connectivity index (χ3n) is 9.63. The first-order valence-electron chi connectivity index (χ1n) is 17.9. The Bertz CT molecular complexity index is 1690. The van der Waals surface area contributed by atoms with Crippen molar-refractivity contribution >= 4 is 17.5 Å². The Kier molecular flexibility index (Phi) is 13.1. The highest BCUT2D eigenvalue weighted by Gasteiger charge is 2.54. The summed E-state index contributed by atoms with van der Waals surface area (Å²) in [6.07, 6.45) is 4.56. The lowest BCUT2D eigenvalue weighted by molar-refractivity contribution is -0.213. The number of pyridine rings is 1. The second kappa shape index (κ2) is 17.7. The lowest BCUT2D eigenvalue weighted by atomic mass is 9.79. The number of allylic oxidation sites excluding steroid dienone is 3. The topological polar surface area (TPSA) is 78.0 Å². The third kappa shape index (κ3) is 9.67. The smallest absolute Gasteiger partial charge is 0.401 e. The number of hydrogen-bond donors (Lipinski definition) is 0. The molecule has 0 fully saturated rings. The SMILES string of the molecule is CCOC(=O)CCCCN(CCc1ccccc1OCC1(C(F)(F)F)C=CC(c2ccccc2)=CC1)C1CCCc2nc(C(=O)OCC)ccc21. The maximum atomic E-state index is 14.6. The Hall–Kier alpha value is -4.44. The second-order valence-corrected chi connectivity index (χ2v) is 13.0. The summed E-state index contributed by atoms with van der Waals surface area (Å²) in [7, 11) is 0. The van der Waals surface area contributed by atoms with E-state index in [4.69, 9.17) is 14.2 Å². The zero-order valence-electron chi connectivity index (χ0n) is 29.4. The molecule has 0 radical (unpaired) electrons. The maximum absolute atomic E-state index is 14.6. The molecule has 0 bridgehead atoms. The van der Waals surface area contributed by atoms with Crippen molar-refractivity contribution in [3.63, 3.8) is 0 Å². The fraction of sp³-hybridized carbons (Fsp3) is 0.439. The minimum absolute atomic E-state index is 0.0274. The molecule has 0 spiro atoms. The molecule has 3 aromatic rings. The van der Waals surface area contributed by atoms with Gasteiger partial charge in [0.2, 0.25) is 0 Å². The number of carbonyl (C=O) groups is 2. The minimum atomic E-state index is -4.51. The van der Waals surface area contributed by atoms with Crippen molar-refractivity contribution in [1.29, 1.82) is 0 Å². The van der Waals surface area contributed by atoms with Crippen LogP contribution in [0.3, 0.4) is 0 Å². The van der Waals surface area contributed by atoms with E-state index in [1.807, 2.05) is 48.5 Å². The van der Waals surface area contributed by atoms with Gasteiger partial charge in [0, 0.05) is 24.7 Å². The number of halogens is 3. The maximum Gasteiger partial charge on any atom is 0.401 e. The van der Waals surface area contributed by atoms with Gasteiger partial charge in [0.25, 0.3) is 0 Å². The molecule has 2 atom stereocenters. The van der Waals surface area contributed by atoms with Crippen LogP contribution in [0.15, 0.2) is 85.0 Å². The van der Waals surface area contributed by atoms with Crippen LogP contribution in [-0.2, 0) is 27.1 Å². The van der Waals surface area contributed by atoms with Gasteiger partial charge in [-0.3, -0.25) is 9.69 Å². The molecule has 7 nitrogen and oxygen atoms in total. The van der Waals surface area contributed by atoms with Crippen molar-refractivity contribution in [1.82, 2.24) is 9.88 Å². The summed E-state index contributed by atoms with van der Waals surface area (Å²) in [4.78, 5) is 31.4. The van der Waals surface area contributed by atoms with E-state index in [0.29, 0.717) is 50.4 Å². The molecular weight excluding hydrogens is 657 g/mol. The van der Waals surface area contributed by atoms with Gasteiger partial charge in [-0.25, -0.2) is 9.78 Å². The van der Waals surface area contributed by atoms with Crippen LogP contribution in [0.25, 0.3) is 5.57 Å². The molecule has 272 valence electrons. The fourth-order valence-corrected chi connectivity index (χ4v) is 6.82. The van der Waals surface area contributed by atoms with Crippen LogP contribution in [0.5, 0.6) is 5.75 Å². The van der Waals surface area contributed by atoms with Gasteiger partial charge in [-0.05, 0) is 99.7 Å². The van der Waals surface area contributed by atoms with E-state index in [0.717, 1.165) is 53.6 Å². The van der Waals surface area contributed by atoms with Gasteiger partial charge in [-0.2, -0.15) is 13.2 Å². The monoisotopic (exact) mass is 704 g/mol. The number of nitrogens with zero attached hydrogens (tertiary/aromatic N) is 2. The second-order valence-electron chi connectivity index (χ2n) is 13.0. The van der Waals surface area contributed by atoms with E-state index in [1.165, 1.54) is 6.08 Å². The summed E-state index contributed by atoms with van der Waals surface area (Å²) in [6, 6.07) is 20.4. The average Bonchev–Trinajstić information content (AvgIpc) is 3.14. The summed E-state index contributed by atoms with van der Waals surface area (Å²) >= 11 is 0. The van der Waals surface area contributed by atoms with E-state index in [2.05, 4.69) is 9.88 Å². The van der Waals surface area contributed by atoms with Crippen molar-refractivity contribution in [3.8, 4) is 5.75 Å². The Morgan fingerprint density at radius 1 is 0.941 bits per heavy atom. The Labute approximate surface area is 298 Å². The number of rotatable bonds is 16. The zero-order chi connectivity index (χ0) is 36.3. The van der Waals surface area contributed by atoms with Gasteiger partial charge in [0.1, 0.15) is 23.5 Å². The van der Waals surface area contributed by atoms with Gasteiger partial charge < -0.3 is 14.2 Å². The van der Waals surface area contributed by atoms with E-state index >= 15 is 0 Å². The molecule has 5 rings (SSSR count). The highest BCUT2D eigenvalue weighted by atomic mass is 19.4. The van der Waals surface area contributed by atoms with Crippen LogP contribution >= 0.6 is 0 Å². The summed E-state index contributed by atoms with van der Waals surface area (Å²) in [5, 5.41) is 0. The first kappa shape index (κ1) is 37.8. The average molecular weight is 705 g/mol. The Balaban J connectivity index is 1.32. The van der Waals surface area contributed by atoms with Crippen LogP contribution in [0.2, 0.25) is 0 Å². The number of aryl methyl sites for hydroxylation is 1. The molecular formula is C41H47F3N2O5. The lowest BCUT2D eigenvalue weighted by Gasteiger charge is -2.36. The van der Waals surface area contributed by atoms with Crippen LogP contribution in [0, 0.1) is 5.41 Å². The molecule has 0 aliphatic heterocycles. The number of fused-ring (bicyclic) bond motifs is 1. The van der Waals surface area contributed by atoms with Crippen LogP contribution in [0.1, 0.15) is 91.3 Å². The number of esters is 2. The molecule has 1 heterocycles. The third-order valence-corrected chi connectivity index (χ3v) is 9.63. The molecule has 0 N–H and O–H groups in total. The molecule has 0 saturated carbocycles. The van der Waals surface area contributed by atoms with E-state index in [9.17, 15) is 22.8 Å². The van der Waals surface area contributed by atoms with Crippen molar-refractivity contribution in [2.45, 2.75) is 77.4 Å². The van der Waals surface area contributed by atoms with Crippen molar-refractivity contribution in [3.05, 3.63) is 113 Å². The first-order valence-corrected chi connectivity index (χ1v) is 17.9. The quantitative estimate of drug-likeness (QED) is 0.109. The standard InChI is InChI=1S/C41H47F3N2O5/c1-3-49-38(47)19-10-11-27-46(36-17-12-16-34-33(36)20-21-35(45-34)39(48)50-4-2)28-24-32-15-8-9-18-37(32)51-29-40(41(42,43)44)25-22-31(23-26-40)30-13-6-5-7-14-30/h5-9,13-15,18,20-23,25,36H,3-4,10-12,16-17,19,24,26-29H2,1-2H3. The van der Waals surface area contributed by atoms with E-state index in [1.54, 1.807) is 44.2 Å². The van der Waals surface area contributed by atoms with Crippen molar-refractivity contribution < 1.29 is 37.0 Å². The predicted octanol–water partition coefficient (Wildman–Crippen LogP) is 8.88. The fourth-order valence-electron chi connectivity index (χ4n) is 6.82. The number of para-hydroxylation sites is 1. The molecule has 2 aromatic carbocycles. The number of benzene rings is 2. The molecule has 0 amide bonds. The number of aromatic nitrogens is 1. The highest BCUT2D eigenvalue weighted by Crippen LogP contribution is 2.46. The molecule has 2 aliphatic rings. The molecule has 0 saturated heterocycles. The molecule has 2 unspecified atom stereocenters. The highest BCUT2D eigenvalue weighted by molar-refractivity contribution is 5.87. The van der Waals surface area contributed by atoms with E-state index < -0.39 is 24.2 Å². The Morgan fingerprint density at radius 2 is 1.71 bits per heavy atom. The lowest BCUT2D eigenvalue weighted by Crippen LogP contribution is -2.42. The molecule has 51 heavy (non-hydrogen) atoms. The Morgan fingerprint density at radius 3 is 2.43 bits per heavy atom. The summed E-state index contributed by atoms with van der Waals surface area (Å²) < 4.78 is 60.2. The summed E-state index contributed by atoms with van der Waals surface area (Å²) in [5.74, 6) is -0.233. The summed E-state index contributed by atoms with van der Waals surface area (Å²) in [6.45, 7) is 4.93. The van der Waals surface area contributed by atoms with Gasteiger partial charge in [0.05, 0.1) is 13.2 Å². The van der Waals surface area contributed by atoms with Gasteiger partial charge in [-0.15, -0.1) is 0 Å².